The number of rotatable bonds is 4. The molecule has 1 aromatic rings. The van der Waals surface area contributed by atoms with E-state index in [1.807, 2.05) is 5.48 Å². The number of alkyl halides is 1. The average molecular weight is 199 g/mol. The molecule has 14 heavy (non-hydrogen) atoms. The maximum atomic E-state index is 13.0. The first-order chi connectivity index (χ1) is 6.69. The number of ether oxygens (including phenoxy) is 1. The molecule has 0 bridgehead atoms. The number of methoxy groups -OCH3 is 1. The van der Waals surface area contributed by atoms with E-state index in [0.717, 1.165) is 5.56 Å². The lowest BCUT2D eigenvalue weighted by Crippen LogP contribution is -2.08. The zero-order chi connectivity index (χ0) is 10.6. The maximum absolute atomic E-state index is 13.0. The smallest absolute Gasteiger partial charge is 0.123 e. The third-order valence-electron chi connectivity index (χ3n) is 2.03. The maximum Gasteiger partial charge on any atom is 0.123 e. The number of nitrogens with one attached hydrogen (secondary N) is 1. The van der Waals surface area contributed by atoms with E-state index in [-0.39, 0.29) is 6.54 Å². The van der Waals surface area contributed by atoms with E-state index in [1.54, 1.807) is 18.2 Å². The molecule has 0 heterocycles. The molecule has 0 aliphatic carbocycles. The van der Waals surface area contributed by atoms with Gasteiger partial charge in [0.25, 0.3) is 0 Å². The topological polar surface area (TPSA) is 41.5 Å². The van der Waals surface area contributed by atoms with Crippen LogP contribution in [0.4, 0.5) is 4.39 Å². The third kappa shape index (κ3) is 2.43. The van der Waals surface area contributed by atoms with Crippen molar-refractivity contribution in [2.24, 2.45) is 0 Å². The van der Waals surface area contributed by atoms with Crippen LogP contribution in [0.2, 0.25) is 0 Å². The number of benzene rings is 1. The van der Waals surface area contributed by atoms with Crippen molar-refractivity contribution in [3.8, 4) is 5.75 Å². The summed E-state index contributed by atoms with van der Waals surface area (Å²) in [7, 11) is 1.54. The van der Waals surface area contributed by atoms with Crippen LogP contribution in [0, 0.1) is 0 Å². The van der Waals surface area contributed by atoms with Gasteiger partial charge in [-0.3, -0.25) is 0 Å². The van der Waals surface area contributed by atoms with Crippen LogP contribution in [-0.2, 0) is 6.54 Å². The van der Waals surface area contributed by atoms with Crippen molar-refractivity contribution in [3.63, 3.8) is 0 Å². The zero-order valence-electron chi connectivity index (χ0n) is 8.25. The highest BCUT2D eigenvalue weighted by Crippen LogP contribution is 2.24. The van der Waals surface area contributed by atoms with Gasteiger partial charge in [0.2, 0.25) is 0 Å². The monoisotopic (exact) mass is 199 g/mol. The normalized spacial score (nSPS) is 12.6. The Kier molecular flexibility index (Phi) is 3.85. The molecule has 2 N–H and O–H groups in total. The lowest BCUT2D eigenvalue weighted by atomic mass is 10.1. The third-order valence-corrected chi connectivity index (χ3v) is 2.03. The second kappa shape index (κ2) is 4.93. The van der Waals surface area contributed by atoms with Gasteiger partial charge in [-0.15, -0.1) is 0 Å². The standard InChI is InChI=1S/C10H14FNO2/c1-7(11)8-3-4-10(14-2)9(5-8)6-12-13/h3-5,7,12-13H,6H2,1-2H3. The Bertz CT molecular complexity index is 302. The SMILES string of the molecule is COc1ccc(C(C)F)cc1CNO. The summed E-state index contributed by atoms with van der Waals surface area (Å²) < 4.78 is 18.0. The minimum atomic E-state index is -1.02. The summed E-state index contributed by atoms with van der Waals surface area (Å²) in [5.41, 5.74) is 3.34. The number of hydrogen-bond acceptors (Lipinski definition) is 3. The van der Waals surface area contributed by atoms with Gasteiger partial charge in [0.1, 0.15) is 11.9 Å². The van der Waals surface area contributed by atoms with E-state index in [1.165, 1.54) is 14.0 Å². The molecule has 0 amide bonds. The number of hydroxylamine groups is 1. The van der Waals surface area contributed by atoms with Crippen LogP contribution in [0.3, 0.4) is 0 Å². The molecule has 0 aliphatic heterocycles. The van der Waals surface area contributed by atoms with Crippen LogP contribution in [0.5, 0.6) is 5.75 Å². The molecule has 0 saturated heterocycles. The Morgan fingerprint density at radius 2 is 2.29 bits per heavy atom. The Labute approximate surface area is 82.5 Å². The zero-order valence-corrected chi connectivity index (χ0v) is 8.25. The fourth-order valence-electron chi connectivity index (χ4n) is 1.27. The molecule has 1 rings (SSSR count). The summed E-state index contributed by atoms with van der Waals surface area (Å²) in [6.45, 7) is 1.71. The number of halogens is 1. The first kappa shape index (κ1) is 10.9. The molecule has 0 aromatic heterocycles. The van der Waals surface area contributed by atoms with Crippen molar-refractivity contribution < 1.29 is 14.3 Å². The first-order valence-corrected chi connectivity index (χ1v) is 4.37. The molecule has 4 heteroatoms. The van der Waals surface area contributed by atoms with Crippen molar-refractivity contribution in [2.45, 2.75) is 19.6 Å². The van der Waals surface area contributed by atoms with Crippen molar-refractivity contribution >= 4 is 0 Å². The molecule has 78 valence electrons. The van der Waals surface area contributed by atoms with Crippen LogP contribution >= 0.6 is 0 Å². The van der Waals surface area contributed by atoms with E-state index in [9.17, 15) is 4.39 Å². The van der Waals surface area contributed by atoms with Crippen LogP contribution in [0.25, 0.3) is 0 Å². The molecule has 1 atom stereocenters. The largest absolute Gasteiger partial charge is 0.496 e. The van der Waals surface area contributed by atoms with Crippen LogP contribution in [0.1, 0.15) is 24.2 Å². The predicted octanol–water partition coefficient (Wildman–Crippen LogP) is 2.20. The van der Waals surface area contributed by atoms with Gasteiger partial charge in [-0.05, 0) is 24.6 Å². The summed E-state index contributed by atoms with van der Waals surface area (Å²) in [6, 6.07) is 5.04. The molecule has 0 radical (unpaired) electrons. The molecular formula is C10H14FNO2. The van der Waals surface area contributed by atoms with Gasteiger partial charge in [0.15, 0.2) is 0 Å². The van der Waals surface area contributed by atoms with E-state index in [2.05, 4.69) is 0 Å². The first-order valence-electron chi connectivity index (χ1n) is 4.37. The molecule has 0 saturated carbocycles. The van der Waals surface area contributed by atoms with Crippen molar-refractivity contribution in [1.29, 1.82) is 0 Å². The summed E-state index contributed by atoms with van der Waals surface area (Å²) in [5, 5.41) is 8.57. The van der Waals surface area contributed by atoms with Crippen molar-refractivity contribution in [1.82, 2.24) is 5.48 Å². The number of hydrogen-bond donors (Lipinski definition) is 2. The summed E-state index contributed by atoms with van der Waals surface area (Å²) in [5.74, 6) is 0.635. The molecule has 1 unspecified atom stereocenters. The van der Waals surface area contributed by atoms with E-state index < -0.39 is 6.17 Å². The van der Waals surface area contributed by atoms with Gasteiger partial charge in [0, 0.05) is 12.1 Å². The van der Waals surface area contributed by atoms with E-state index in [0.29, 0.717) is 11.3 Å². The van der Waals surface area contributed by atoms with Crippen molar-refractivity contribution in [3.05, 3.63) is 29.3 Å². The Balaban J connectivity index is 3.01. The van der Waals surface area contributed by atoms with Crippen LogP contribution in [-0.4, -0.2) is 12.3 Å². The molecule has 1 aromatic carbocycles. The molecule has 0 fully saturated rings. The van der Waals surface area contributed by atoms with Crippen LogP contribution < -0.4 is 10.2 Å². The lowest BCUT2D eigenvalue weighted by Gasteiger charge is -2.10. The van der Waals surface area contributed by atoms with Gasteiger partial charge >= 0.3 is 0 Å². The van der Waals surface area contributed by atoms with E-state index >= 15 is 0 Å². The Morgan fingerprint density at radius 3 is 2.79 bits per heavy atom. The van der Waals surface area contributed by atoms with Crippen LogP contribution in [0.15, 0.2) is 18.2 Å². The molecular weight excluding hydrogens is 185 g/mol. The molecule has 0 spiro atoms. The van der Waals surface area contributed by atoms with Gasteiger partial charge in [-0.1, -0.05) is 6.07 Å². The highest BCUT2D eigenvalue weighted by atomic mass is 19.1. The fourth-order valence-corrected chi connectivity index (χ4v) is 1.27. The fraction of sp³-hybridized carbons (Fsp3) is 0.400. The highest BCUT2D eigenvalue weighted by Gasteiger charge is 2.07. The molecule has 3 nitrogen and oxygen atoms in total. The highest BCUT2D eigenvalue weighted by molar-refractivity contribution is 5.37. The summed E-state index contributed by atoms with van der Waals surface area (Å²) >= 11 is 0. The van der Waals surface area contributed by atoms with Crippen molar-refractivity contribution in [2.75, 3.05) is 7.11 Å². The lowest BCUT2D eigenvalue weighted by molar-refractivity contribution is 0.160. The summed E-state index contributed by atoms with van der Waals surface area (Å²) in [6.07, 6.45) is -1.02. The Morgan fingerprint density at radius 1 is 1.57 bits per heavy atom. The predicted molar refractivity (Wildman–Crippen MR) is 51.1 cm³/mol. The average Bonchev–Trinajstić information content (AvgIpc) is 2.18. The minimum absolute atomic E-state index is 0.240. The van der Waals surface area contributed by atoms with Gasteiger partial charge in [-0.2, -0.15) is 0 Å². The quantitative estimate of drug-likeness (QED) is 0.730. The van der Waals surface area contributed by atoms with Gasteiger partial charge in [-0.25, -0.2) is 9.87 Å². The van der Waals surface area contributed by atoms with Gasteiger partial charge < -0.3 is 9.94 Å². The minimum Gasteiger partial charge on any atom is -0.496 e. The molecule has 0 aliphatic rings. The van der Waals surface area contributed by atoms with E-state index in [4.69, 9.17) is 9.94 Å². The summed E-state index contributed by atoms with van der Waals surface area (Å²) in [4.78, 5) is 0. The second-order valence-corrected chi connectivity index (χ2v) is 3.02. The second-order valence-electron chi connectivity index (χ2n) is 3.02. The Hall–Kier alpha value is -1.13. The van der Waals surface area contributed by atoms with Gasteiger partial charge in [0.05, 0.1) is 7.11 Å².